The van der Waals surface area contributed by atoms with Gasteiger partial charge in [0, 0.05) is 18.0 Å². The Labute approximate surface area is 109 Å². The topological polar surface area (TPSA) is 59.4 Å². The molecule has 0 amide bonds. The zero-order valence-corrected chi connectivity index (χ0v) is 10.5. The molecule has 0 radical (unpaired) electrons. The van der Waals surface area contributed by atoms with Gasteiger partial charge in [-0.3, -0.25) is 4.98 Å². The van der Waals surface area contributed by atoms with Gasteiger partial charge in [-0.15, -0.1) is 0 Å². The quantitative estimate of drug-likeness (QED) is 0.920. The van der Waals surface area contributed by atoms with E-state index in [4.69, 9.17) is 9.84 Å². The van der Waals surface area contributed by atoms with Crippen LogP contribution in [0.4, 0.5) is 4.39 Å². The Balaban J connectivity index is 2.45. The zero-order valence-electron chi connectivity index (χ0n) is 10.5. The number of aryl methyl sites for hydroxylation is 2. The van der Waals surface area contributed by atoms with E-state index in [-0.39, 0.29) is 17.1 Å². The number of ether oxygens (including phenoxy) is 1. The van der Waals surface area contributed by atoms with Crippen LogP contribution in [-0.4, -0.2) is 16.1 Å². The highest BCUT2D eigenvalue weighted by Crippen LogP contribution is 2.28. The molecule has 98 valence electrons. The molecule has 1 aromatic carbocycles. The predicted molar refractivity (Wildman–Crippen MR) is 67.1 cm³/mol. The van der Waals surface area contributed by atoms with Crippen molar-refractivity contribution in [1.82, 2.24) is 4.98 Å². The highest BCUT2D eigenvalue weighted by molar-refractivity contribution is 5.90. The monoisotopic (exact) mass is 261 g/mol. The fraction of sp³-hybridized carbons (Fsp3) is 0.143. The summed E-state index contributed by atoms with van der Waals surface area (Å²) in [6, 6.07) is 6.16. The Hall–Kier alpha value is -2.43. The van der Waals surface area contributed by atoms with Crippen LogP contribution in [0.1, 0.15) is 21.6 Å². The van der Waals surface area contributed by atoms with Crippen LogP contribution in [-0.2, 0) is 0 Å². The summed E-state index contributed by atoms with van der Waals surface area (Å²) < 4.78 is 19.2. The van der Waals surface area contributed by atoms with E-state index >= 15 is 0 Å². The van der Waals surface area contributed by atoms with Gasteiger partial charge in [-0.1, -0.05) is 12.1 Å². The van der Waals surface area contributed by atoms with E-state index in [0.29, 0.717) is 11.3 Å². The van der Waals surface area contributed by atoms with Gasteiger partial charge in [-0.05, 0) is 25.5 Å². The fourth-order valence-electron chi connectivity index (χ4n) is 1.60. The smallest absolute Gasteiger partial charge is 0.341 e. The number of hydrogen-bond donors (Lipinski definition) is 1. The van der Waals surface area contributed by atoms with Crippen molar-refractivity contribution >= 4 is 5.97 Å². The van der Waals surface area contributed by atoms with Crippen molar-refractivity contribution in [3.63, 3.8) is 0 Å². The molecule has 0 unspecified atom stereocenters. The number of aromatic nitrogens is 1. The Kier molecular flexibility index (Phi) is 3.46. The average molecular weight is 261 g/mol. The molecule has 0 aliphatic heterocycles. The highest BCUT2D eigenvalue weighted by Gasteiger charge is 2.15. The number of rotatable bonds is 3. The molecule has 2 rings (SSSR count). The van der Waals surface area contributed by atoms with E-state index in [1.54, 1.807) is 26.0 Å². The van der Waals surface area contributed by atoms with E-state index in [1.165, 1.54) is 18.3 Å². The summed E-state index contributed by atoms with van der Waals surface area (Å²) in [5.74, 6) is -1.61. The van der Waals surface area contributed by atoms with E-state index in [0.717, 1.165) is 0 Å². The molecule has 0 aliphatic rings. The van der Waals surface area contributed by atoms with Crippen molar-refractivity contribution < 1.29 is 19.0 Å². The molecule has 0 fully saturated rings. The third kappa shape index (κ3) is 2.70. The largest absolute Gasteiger partial charge is 0.477 e. The summed E-state index contributed by atoms with van der Waals surface area (Å²) in [6.45, 7) is 3.31. The summed E-state index contributed by atoms with van der Waals surface area (Å²) in [5, 5.41) is 9.04. The van der Waals surface area contributed by atoms with Crippen LogP contribution in [0.5, 0.6) is 11.5 Å². The minimum absolute atomic E-state index is 0.00639. The molecule has 0 bridgehead atoms. The molecule has 0 spiro atoms. The number of carboxylic acids is 1. The lowest BCUT2D eigenvalue weighted by molar-refractivity contribution is 0.0693. The first-order valence-corrected chi connectivity index (χ1v) is 5.62. The summed E-state index contributed by atoms with van der Waals surface area (Å²) >= 11 is 0. The number of halogens is 1. The van der Waals surface area contributed by atoms with Crippen molar-refractivity contribution in [3.8, 4) is 11.5 Å². The second-order valence-electron chi connectivity index (χ2n) is 4.12. The maximum atomic E-state index is 13.8. The number of benzene rings is 1. The normalized spacial score (nSPS) is 10.3. The van der Waals surface area contributed by atoms with Crippen molar-refractivity contribution in [2.45, 2.75) is 13.8 Å². The van der Waals surface area contributed by atoms with Crippen LogP contribution >= 0.6 is 0 Å². The lowest BCUT2D eigenvalue weighted by atomic mass is 10.2. The highest BCUT2D eigenvalue weighted by atomic mass is 19.1. The summed E-state index contributed by atoms with van der Waals surface area (Å²) in [4.78, 5) is 14.9. The Bertz CT molecular complexity index is 641. The van der Waals surface area contributed by atoms with E-state index in [9.17, 15) is 9.18 Å². The third-order valence-electron chi connectivity index (χ3n) is 2.61. The maximum absolute atomic E-state index is 13.8. The zero-order chi connectivity index (χ0) is 14.0. The first-order valence-electron chi connectivity index (χ1n) is 5.62. The molecule has 0 atom stereocenters. The van der Waals surface area contributed by atoms with Gasteiger partial charge in [0.15, 0.2) is 11.6 Å². The first kappa shape index (κ1) is 13.0. The van der Waals surface area contributed by atoms with E-state index < -0.39 is 11.8 Å². The van der Waals surface area contributed by atoms with Crippen molar-refractivity contribution in [2.24, 2.45) is 0 Å². The number of carbonyl (C=O) groups is 1. The lowest BCUT2D eigenvalue weighted by Gasteiger charge is -2.10. The minimum Gasteiger partial charge on any atom is -0.477 e. The Morgan fingerprint density at radius 2 is 2.05 bits per heavy atom. The molecule has 1 N–H and O–H groups in total. The number of nitrogens with zero attached hydrogens (tertiary/aromatic N) is 1. The van der Waals surface area contributed by atoms with Gasteiger partial charge in [0.1, 0.15) is 11.3 Å². The van der Waals surface area contributed by atoms with Gasteiger partial charge in [-0.2, -0.15) is 0 Å². The molecule has 4 nitrogen and oxygen atoms in total. The van der Waals surface area contributed by atoms with Gasteiger partial charge >= 0.3 is 5.97 Å². The molecular weight excluding hydrogens is 249 g/mol. The molecule has 1 heterocycles. The van der Waals surface area contributed by atoms with Crippen LogP contribution < -0.4 is 4.74 Å². The SMILES string of the molecule is Cc1cc(Oc2cccc(C)c2F)c(C(=O)O)cn1. The van der Waals surface area contributed by atoms with Crippen molar-refractivity contribution in [2.75, 3.05) is 0 Å². The number of pyridine rings is 1. The van der Waals surface area contributed by atoms with Crippen LogP contribution in [0.3, 0.4) is 0 Å². The second-order valence-corrected chi connectivity index (χ2v) is 4.12. The first-order chi connectivity index (χ1) is 8.99. The maximum Gasteiger partial charge on any atom is 0.341 e. The van der Waals surface area contributed by atoms with Gasteiger partial charge < -0.3 is 9.84 Å². The molecule has 0 saturated heterocycles. The van der Waals surface area contributed by atoms with Gasteiger partial charge in [0.05, 0.1) is 0 Å². The van der Waals surface area contributed by atoms with Gasteiger partial charge in [-0.25, -0.2) is 9.18 Å². The van der Waals surface area contributed by atoms with Gasteiger partial charge in [0.25, 0.3) is 0 Å². The molecule has 1 aromatic heterocycles. The van der Waals surface area contributed by atoms with Crippen LogP contribution in [0.2, 0.25) is 0 Å². The van der Waals surface area contributed by atoms with Gasteiger partial charge in [0.2, 0.25) is 0 Å². The fourth-order valence-corrected chi connectivity index (χ4v) is 1.60. The summed E-state index contributed by atoms with van der Waals surface area (Å²) in [6.07, 6.45) is 1.20. The summed E-state index contributed by atoms with van der Waals surface area (Å²) in [7, 11) is 0. The van der Waals surface area contributed by atoms with E-state index in [1.807, 2.05) is 0 Å². The predicted octanol–water partition coefficient (Wildman–Crippen LogP) is 3.33. The average Bonchev–Trinajstić information content (AvgIpc) is 2.35. The third-order valence-corrected chi connectivity index (χ3v) is 2.61. The summed E-state index contributed by atoms with van der Waals surface area (Å²) in [5.41, 5.74) is 0.916. The van der Waals surface area contributed by atoms with Crippen molar-refractivity contribution in [3.05, 3.63) is 53.1 Å². The second kappa shape index (κ2) is 5.06. The Morgan fingerprint density at radius 1 is 1.32 bits per heavy atom. The minimum atomic E-state index is -1.17. The van der Waals surface area contributed by atoms with Crippen LogP contribution in [0.25, 0.3) is 0 Å². The van der Waals surface area contributed by atoms with E-state index in [2.05, 4.69) is 4.98 Å². The van der Waals surface area contributed by atoms with Crippen molar-refractivity contribution in [1.29, 1.82) is 0 Å². The molecule has 0 aliphatic carbocycles. The molecule has 2 aromatic rings. The number of hydrogen-bond acceptors (Lipinski definition) is 3. The standard InChI is InChI=1S/C14H12FNO3/c1-8-4-3-5-11(13(8)15)19-12-6-9(2)16-7-10(12)14(17)18/h3-7H,1-2H3,(H,17,18). The van der Waals surface area contributed by atoms with Crippen LogP contribution in [0, 0.1) is 19.7 Å². The lowest BCUT2D eigenvalue weighted by Crippen LogP contribution is -2.02. The number of aromatic carboxylic acids is 1. The number of carboxylic acid groups (broad SMARTS) is 1. The molecular formula is C14H12FNO3. The van der Waals surface area contributed by atoms with Crippen LogP contribution in [0.15, 0.2) is 30.5 Å². The molecule has 5 heteroatoms. The molecule has 19 heavy (non-hydrogen) atoms. The molecule has 0 saturated carbocycles. The Morgan fingerprint density at radius 3 is 2.74 bits per heavy atom.